The highest BCUT2D eigenvalue weighted by Gasteiger charge is 2.36. The lowest BCUT2D eigenvalue weighted by atomic mass is 10.0. The number of fused-ring (bicyclic) bond motifs is 1. The molecular weight excluding hydrogens is 454 g/mol. The van der Waals surface area contributed by atoms with E-state index >= 15 is 0 Å². The number of hydrogen-bond acceptors (Lipinski definition) is 5. The minimum Gasteiger partial charge on any atom is -0.382 e. The van der Waals surface area contributed by atoms with Crippen LogP contribution >= 0.6 is 0 Å². The van der Waals surface area contributed by atoms with Gasteiger partial charge in [0.25, 0.3) is 5.91 Å². The van der Waals surface area contributed by atoms with Gasteiger partial charge in [0.05, 0.1) is 6.20 Å². The zero-order valence-electron chi connectivity index (χ0n) is 20.5. The highest BCUT2D eigenvalue weighted by Crippen LogP contribution is 2.36. The molecule has 0 aliphatic rings. The van der Waals surface area contributed by atoms with E-state index in [0.717, 1.165) is 12.1 Å². The summed E-state index contributed by atoms with van der Waals surface area (Å²) in [5.41, 5.74) is 4.93. The Bertz CT molecular complexity index is 1520. The molecule has 4 rings (SSSR count). The number of nitrogens with zero attached hydrogens (tertiary/aromatic N) is 3. The third kappa shape index (κ3) is 4.17. The summed E-state index contributed by atoms with van der Waals surface area (Å²) in [7, 11) is 0. The smallest absolute Gasteiger partial charge is 0.382 e. The molecule has 0 spiro atoms. The molecule has 0 saturated heterocycles. The fourth-order valence-electron chi connectivity index (χ4n) is 3.57. The summed E-state index contributed by atoms with van der Waals surface area (Å²) in [6, 6.07) is 9.13. The highest BCUT2D eigenvalue weighted by molar-refractivity contribution is 5.95. The molecule has 1 atom stereocenters. The van der Waals surface area contributed by atoms with Gasteiger partial charge in [0.15, 0.2) is 6.10 Å². The number of aliphatic hydroxyl groups excluding tert-OH is 1. The topological polar surface area (TPSA) is 106 Å². The third-order valence-electron chi connectivity index (χ3n) is 5.14. The number of aliphatic hydroxyl groups is 1. The van der Waals surface area contributed by atoms with E-state index in [2.05, 4.69) is 15.3 Å². The third-order valence-corrected chi connectivity index (χ3v) is 5.14. The standard InChI is InChI=1S/C23H19F4N5O2/c1-11-8-15(31-22(34)20(33)13-4-3-5-14(24)9-13)6-7-16(11)18-19-21(28)29-10-17(23(25,26)27)32(19)12(2)30-18/h3-10,20,33H,1-2H3,(H2,28,29)(H,31,34)/i2D3. The van der Waals surface area contributed by atoms with Gasteiger partial charge in [0.1, 0.15) is 34.4 Å². The Morgan fingerprint density at radius 3 is 2.68 bits per heavy atom. The van der Waals surface area contributed by atoms with Crippen molar-refractivity contribution in [3.05, 3.63) is 77.1 Å². The zero-order chi connectivity index (χ0) is 27.3. The van der Waals surface area contributed by atoms with Gasteiger partial charge in [-0.1, -0.05) is 18.2 Å². The van der Waals surface area contributed by atoms with Gasteiger partial charge in [0, 0.05) is 15.4 Å². The van der Waals surface area contributed by atoms with Crippen LogP contribution in [-0.4, -0.2) is 25.4 Å². The van der Waals surface area contributed by atoms with Crippen LogP contribution in [0.3, 0.4) is 0 Å². The second kappa shape index (κ2) is 8.41. The summed E-state index contributed by atoms with van der Waals surface area (Å²) in [5, 5.41) is 12.7. The lowest BCUT2D eigenvalue weighted by Crippen LogP contribution is -2.21. The molecule has 0 fully saturated rings. The number of aryl methyl sites for hydroxylation is 2. The van der Waals surface area contributed by atoms with E-state index in [1.54, 1.807) is 6.92 Å². The van der Waals surface area contributed by atoms with Crippen LogP contribution in [0, 0.1) is 19.6 Å². The van der Waals surface area contributed by atoms with Crippen LogP contribution in [0.25, 0.3) is 16.8 Å². The molecule has 0 radical (unpaired) electrons. The molecule has 7 nitrogen and oxygen atoms in total. The Balaban J connectivity index is 1.77. The lowest BCUT2D eigenvalue weighted by Gasteiger charge is -2.14. The molecule has 1 unspecified atom stereocenters. The van der Waals surface area contributed by atoms with Crippen LogP contribution in [0.15, 0.2) is 48.7 Å². The number of hydrogen-bond donors (Lipinski definition) is 3. The fourth-order valence-corrected chi connectivity index (χ4v) is 3.57. The van der Waals surface area contributed by atoms with E-state index in [9.17, 15) is 27.5 Å². The van der Waals surface area contributed by atoms with Crippen molar-refractivity contribution in [2.75, 3.05) is 11.1 Å². The Kier molecular flexibility index (Phi) is 4.82. The first-order chi connectivity index (χ1) is 17.2. The van der Waals surface area contributed by atoms with Gasteiger partial charge in [-0.15, -0.1) is 0 Å². The minimum absolute atomic E-state index is 0.0379. The number of benzene rings is 2. The van der Waals surface area contributed by atoms with E-state index in [4.69, 9.17) is 9.85 Å². The van der Waals surface area contributed by atoms with Crippen LogP contribution in [0.2, 0.25) is 0 Å². The average molecular weight is 476 g/mol. The van der Waals surface area contributed by atoms with Crippen LogP contribution in [-0.2, 0) is 11.0 Å². The number of carbonyl (C=O) groups excluding carboxylic acids is 1. The molecule has 176 valence electrons. The summed E-state index contributed by atoms with van der Waals surface area (Å²) in [4.78, 5) is 20.1. The van der Waals surface area contributed by atoms with Crippen LogP contribution in [0.4, 0.5) is 29.1 Å². The number of alkyl halides is 3. The Morgan fingerprint density at radius 1 is 1.26 bits per heavy atom. The maximum Gasteiger partial charge on any atom is 0.433 e. The van der Waals surface area contributed by atoms with Crippen LogP contribution in [0.5, 0.6) is 0 Å². The SMILES string of the molecule is [2H]C([2H])([2H])c1nc(-c2ccc(NC(=O)C(O)c3cccc(F)c3)cc2C)c2c(N)ncc(C(F)(F)F)n12. The number of anilines is 2. The summed E-state index contributed by atoms with van der Waals surface area (Å²) in [6.07, 6.45) is -6.16. The van der Waals surface area contributed by atoms with Crippen LogP contribution < -0.4 is 11.1 Å². The number of carbonyl (C=O) groups is 1. The Labute approximate surface area is 195 Å². The summed E-state index contributed by atoms with van der Waals surface area (Å²) in [5.74, 6) is -2.68. The molecule has 11 heteroatoms. The number of nitrogen functional groups attached to an aromatic ring is 1. The first-order valence-corrected chi connectivity index (χ1v) is 9.78. The van der Waals surface area contributed by atoms with Gasteiger partial charge in [-0.3, -0.25) is 9.20 Å². The first kappa shape index (κ1) is 19.5. The molecule has 0 saturated carbocycles. The second-order valence-corrected chi connectivity index (χ2v) is 7.47. The molecule has 1 amide bonds. The van der Waals surface area contributed by atoms with Crippen molar-refractivity contribution in [2.24, 2.45) is 0 Å². The van der Waals surface area contributed by atoms with E-state index in [0.29, 0.717) is 16.2 Å². The average Bonchev–Trinajstić information content (AvgIpc) is 3.19. The maximum atomic E-state index is 13.7. The summed E-state index contributed by atoms with van der Waals surface area (Å²) < 4.78 is 78.1. The predicted octanol–water partition coefficient (Wildman–Crippen LogP) is 4.43. The second-order valence-electron chi connectivity index (χ2n) is 7.47. The van der Waals surface area contributed by atoms with Crippen LogP contribution in [0.1, 0.15) is 32.9 Å². The summed E-state index contributed by atoms with van der Waals surface area (Å²) in [6.45, 7) is -1.45. The van der Waals surface area contributed by atoms with Gasteiger partial charge in [0.2, 0.25) is 0 Å². The number of imidazole rings is 1. The minimum atomic E-state index is -4.94. The van der Waals surface area contributed by atoms with Crippen molar-refractivity contribution in [2.45, 2.75) is 26.1 Å². The first-order valence-electron chi connectivity index (χ1n) is 11.3. The molecule has 0 aliphatic heterocycles. The number of rotatable bonds is 4. The number of nitrogens with one attached hydrogen (secondary N) is 1. The van der Waals surface area contributed by atoms with E-state index in [1.165, 1.54) is 30.3 Å². The lowest BCUT2D eigenvalue weighted by molar-refractivity contribution is -0.142. The van der Waals surface area contributed by atoms with Crippen molar-refractivity contribution >= 4 is 22.9 Å². The monoisotopic (exact) mass is 476 g/mol. The molecule has 4 N–H and O–H groups in total. The largest absolute Gasteiger partial charge is 0.433 e. The number of nitrogens with two attached hydrogens (primary N) is 1. The van der Waals surface area contributed by atoms with E-state index in [-0.39, 0.29) is 33.8 Å². The summed E-state index contributed by atoms with van der Waals surface area (Å²) >= 11 is 0. The molecule has 4 aromatic rings. The maximum absolute atomic E-state index is 13.7. The molecular formula is C23H19F4N5O2. The normalized spacial score (nSPS) is 14.4. The number of halogens is 4. The van der Waals surface area contributed by atoms with Crippen molar-refractivity contribution < 1.29 is 31.6 Å². The van der Waals surface area contributed by atoms with Gasteiger partial charge in [-0.2, -0.15) is 13.2 Å². The van der Waals surface area contributed by atoms with Gasteiger partial charge in [-0.05, 0) is 49.2 Å². The Hall–Kier alpha value is -3.99. The van der Waals surface area contributed by atoms with Crippen molar-refractivity contribution in [1.29, 1.82) is 0 Å². The number of aromatic nitrogens is 3. The van der Waals surface area contributed by atoms with Crippen molar-refractivity contribution in [3.8, 4) is 11.3 Å². The molecule has 2 aromatic heterocycles. The number of amides is 1. The molecule has 34 heavy (non-hydrogen) atoms. The van der Waals surface area contributed by atoms with E-state index in [1.807, 2.05) is 0 Å². The predicted molar refractivity (Wildman–Crippen MR) is 117 cm³/mol. The van der Waals surface area contributed by atoms with Crippen molar-refractivity contribution in [3.63, 3.8) is 0 Å². The van der Waals surface area contributed by atoms with E-state index < -0.39 is 42.4 Å². The van der Waals surface area contributed by atoms with Crippen molar-refractivity contribution in [1.82, 2.24) is 14.4 Å². The fraction of sp³-hybridized carbons (Fsp3) is 0.174. The van der Waals surface area contributed by atoms with Gasteiger partial charge >= 0.3 is 6.18 Å². The molecule has 0 bridgehead atoms. The molecule has 0 aliphatic carbocycles. The Morgan fingerprint density at radius 2 is 2.03 bits per heavy atom. The molecule has 2 heterocycles. The van der Waals surface area contributed by atoms with Gasteiger partial charge in [-0.25, -0.2) is 14.4 Å². The highest BCUT2D eigenvalue weighted by atomic mass is 19.4. The quantitative estimate of drug-likeness (QED) is 0.378. The molecule has 2 aromatic carbocycles. The van der Waals surface area contributed by atoms with Gasteiger partial charge < -0.3 is 16.2 Å². The zero-order valence-corrected chi connectivity index (χ0v) is 17.5.